The maximum atomic E-state index is 9.27. The van der Waals surface area contributed by atoms with Crippen LogP contribution in [-0.4, -0.2) is 37.5 Å². The summed E-state index contributed by atoms with van der Waals surface area (Å²) in [7, 11) is 0. The first-order chi connectivity index (χ1) is 11.3. The van der Waals surface area contributed by atoms with Crippen molar-refractivity contribution < 1.29 is 9.84 Å². The Hall–Kier alpha value is -0.900. The van der Waals surface area contributed by atoms with Gasteiger partial charge in [-0.25, -0.2) is 0 Å². The predicted molar refractivity (Wildman–Crippen MR) is 98.0 cm³/mol. The molecule has 3 nitrogen and oxygen atoms in total. The average Bonchev–Trinajstić information content (AvgIpc) is 2.58. The van der Waals surface area contributed by atoms with Gasteiger partial charge in [0.05, 0.1) is 12.7 Å². The number of hydrogen-bond acceptors (Lipinski definition) is 3. The number of hydrogen-bond donors (Lipinski definition) is 2. The number of ether oxygens (including phenoxy) is 1. The fourth-order valence-corrected chi connectivity index (χ4v) is 2.73. The molecule has 1 aromatic carbocycles. The molecule has 0 fully saturated rings. The summed E-state index contributed by atoms with van der Waals surface area (Å²) in [4.78, 5) is 0. The summed E-state index contributed by atoms with van der Waals surface area (Å²) in [6.45, 7) is 7.12. The standard InChI is InChI=1S/C20H35NO2/c1-3-5-6-7-8-14-21-15-13-18-9-11-19(12-10-18)16-20(17-22)23-4-2/h9-12,20-22H,3-8,13-17H2,1-2H3/t20-/m0/s1. The van der Waals surface area contributed by atoms with E-state index in [2.05, 4.69) is 36.5 Å². The lowest BCUT2D eigenvalue weighted by atomic mass is 10.0. The maximum absolute atomic E-state index is 9.27. The second-order valence-electron chi connectivity index (χ2n) is 6.19. The molecule has 2 N–H and O–H groups in total. The number of unbranched alkanes of at least 4 members (excludes halogenated alkanes) is 4. The number of rotatable bonds is 14. The Balaban J connectivity index is 2.16. The summed E-state index contributed by atoms with van der Waals surface area (Å²) in [5.41, 5.74) is 2.59. The van der Waals surface area contributed by atoms with Gasteiger partial charge >= 0.3 is 0 Å². The highest BCUT2D eigenvalue weighted by Gasteiger charge is 2.07. The minimum Gasteiger partial charge on any atom is -0.394 e. The molecule has 0 aromatic heterocycles. The summed E-state index contributed by atoms with van der Waals surface area (Å²) in [6.07, 6.45) is 8.46. The average molecular weight is 322 g/mol. The van der Waals surface area contributed by atoms with Crippen molar-refractivity contribution >= 4 is 0 Å². The predicted octanol–water partition coefficient (Wildman–Crippen LogP) is 3.73. The van der Waals surface area contributed by atoms with Gasteiger partial charge in [0.1, 0.15) is 0 Å². The molecule has 1 rings (SSSR count). The Bertz CT molecular complexity index is 378. The molecule has 0 spiro atoms. The van der Waals surface area contributed by atoms with E-state index < -0.39 is 0 Å². The number of aliphatic hydroxyl groups excluding tert-OH is 1. The molecule has 0 unspecified atom stereocenters. The summed E-state index contributed by atoms with van der Waals surface area (Å²) >= 11 is 0. The van der Waals surface area contributed by atoms with E-state index in [1.165, 1.54) is 43.2 Å². The van der Waals surface area contributed by atoms with Crippen LogP contribution in [0.1, 0.15) is 57.1 Å². The molecular weight excluding hydrogens is 286 g/mol. The van der Waals surface area contributed by atoms with Crippen LogP contribution >= 0.6 is 0 Å². The van der Waals surface area contributed by atoms with Crippen LogP contribution in [0.2, 0.25) is 0 Å². The smallest absolute Gasteiger partial charge is 0.0845 e. The monoisotopic (exact) mass is 321 g/mol. The second-order valence-corrected chi connectivity index (χ2v) is 6.19. The summed E-state index contributed by atoms with van der Waals surface area (Å²) < 4.78 is 5.49. The van der Waals surface area contributed by atoms with E-state index in [0.717, 1.165) is 25.9 Å². The molecule has 0 aliphatic heterocycles. The van der Waals surface area contributed by atoms with Gasteiger partial charge in [0.15, 0.2) is 0 Å². The van der Waals surface area contributed by atoms with Crippen LogP contribution < -0.4 is 5.32 Å². The van der Waals surface area contributed by atoms with Crippen molar-refractivity contribution in [2.45, 2.75) is 64.9 Å². The van der Waals surface area contributed by atoms with Crippen molar-refractivity contribution in [2.24, 2.45) is 0 Å². The topological polar surface area (TPSA) is 41.5 Å². The number of aliphatic hydroxyl groups is 1. The van der Waals surface area contributed by atoms with E-state index in [0.29, 0.717) is 6.61 Å². The Morgan fingerprint density at radius 1 is 0.957 bits per heavy atom. The lowest BCUT2D eigenvalue weighted by Crippen LogP contribution is -2.20. The van der Waals surface area contributed by atoms with Crippen LogP contribution in [0, 0.1) is 0 Å². The fourth-order valence-electron chi connectivity index (χ4n) is 2.73. The highest BCUT2D eigenvalue weighted by molar-refractivity contribution is 5.23. The third-order valence-corrected chi connectivity index (χ3v) is 4.14. The zero-order chi connectivity index (χ0) is 16.8. The Morgan fingerprint density at radius 3 is 2.30 bits per heavy atom. The molecule has 132 valence electrons. The van der Waals surface area contributed by atoms with Crippen molar-refractivity contribution in [1.29, 1.82) is 0 Å². The van der Waals surface area contributed by atoms with Crippen molar-refractivity contribution in [1.82, 2.24) is 5.32 Å². The zero-order valence-electron chi connectivity index (χ0n) is 15.0. The van der Waals surface area contributed by atoms with Crippen LogP contribution in [0.5, 0.6) is 0 Å². The molecule has 1 atom stereocenters. The first kappa shape index (κ1) is 20.1. The van der Waals surface area contributed by atoms with Crippen LogP contribution in [0.4, 0.5) is 0 Å². The second kappa shape index (κ2) is 13.5. The van der Waals surface area contributed by atoms with Crippen LogP contribution in [0.3, 0.4) is 0 Å². The third kappa shape index (κ3) is 9.75. The highest BCUT2D eigenvalue weighted by atomic mass is 16.5. The van der Waals surface area contributed by atoms with E-state index >= 15 is 0 Å². The van der Waals surface area contributed by atoms with E-state index in [4.69, 9.17) is 4.74 Å². The molecule has 0 saturated carbocycles. The largest absolute Gasteiger partial charge is 0.394 e. The van der Waals surface area contributed by atoms with Gasteiger partial charge in [-0.1, -0.05) is 56.9 Å². The highest BCUT2D eigenvalue weighted by Crippen LogP contribution is 2.09. The van der Waals surface area contributed by atoms with Crippen molar-refractivity contribution in [3.05, 3.63) is 35.4 Å². The van der Waals surface area contributed by atoms with Gasteiger partial charge in [-0.15, -0.1) is 0 Å². The van der Waals surface area contributed by atoms with Gasteiger partial charge in [-0.2, -0.15) is 0 Å². The van der Waals surface area contributed by atoms with E-state index in [1.54, 1.807) is 0 Å². The van der Waals surface area contributed by atoms with Crippen molar-refractivity contribution in [3.63, 3.8) is 0 Å². The van der Waals surface area contributed by atoms with Gasteiger partial charge in [0.25, 0.3) is 0 Å². The normalized spacial score (nSPS) is 12.5. The fraction of sp³-hybridized carbons (Fsp3) is 0.700. The molecular formula is C20H35NO2. The summed E-state index contributed by atoms with van der Waals surface area (Å²) in [5, 5.41) is 12.8. The van der Waals surface area contributed by atoms with Gasteiger partial charge < -0.3 is 15.2 Å². The molecule has 0 heterocycles. The molecule has 3 heteroatoms. The van der Waals surface area contributed by atoms with Crippen molar-refractivity contribution in [3.8, 4) is 0 Å². The van der Waals surface area contributed by atoms with Gasteiger partial charge in [0.2, 0.25) is 0 Å². The zero-order valence-corrected chi connectivity index (χ0v) is 15.0. The molecule has 0 amide bonds. The van der Waals surface area contributed by atoms with Gasteiger partial charge in [-0.05, 0) is 44.0 Å². The Morgan fingerprint density at radius 2 is 1.65 bits per heavy atom. The minimum absolute atomic E-state index is 0.0811. The molecule has 0 radical (unpaired) electrons. The molecule has 0 aliphatic rings. The van der Waals surface area contributed by atoms with Crippen LogP contribution in [0.15, 0.2) is 24.3 Å². The number of benzene rings is 1. The molecule has 0 bridgehead atoms. The van der Waals surface area contributed by atoms with Gasteiger partial charge in [0, 0.05) is 13.0 Å². The summed E-state index contributed by atoms with van der Waals surface area (Å²) in [5.74, 6) is 0. The number of nitrogens with one attached hydrogen (secondary N) is 1. The SMILES string of the molecule is CCCCCCCNCCc1ccc(C[C@@H](CO)OCC)cc1. The van der Waals surface area contributed by atoms with Crippen LogP contribution in [0.25, 0.3) is 0 Å². The Labute approximate surface area is 142 Å². The lowest BCUT2D eigenvalue weighted by molar-refractivity contribution is 0.0207. The minimum atomic E-state index is -0.0831. The van der Waals surface area contributed by atoms with E-state index in [1.807, 2.05) is 6.92 Å². The van der Waals surface area contributed by atoms with E-state index in [9.17, 15) is 5.11 Å². The van der Waals surface area contributed by atoms with Gasteiger partial charge in [-0.3, -0.25) is 0 Å². The molecule has 0 saturated heterocycles. The molecule has 1 aromatic rings. The first-order valence-electron chi connectivity index (χ1n) is 9.31. The van der Waals surface area contributed by atoms with Crippen molar-refractivity contribution in [2.75, 3.05) is 26.3 Å². The Kier molecular flexibility index (Phi) is 11.9. The molecule has 0 aliphatic carbocycles. The lowest BCUT2D eigenvalue weighted by Gasteiger charge is -2.14. The maximum Gasteiger partial charge on any atom is 0.0845 e. The molecule has 23 heavy (non-hydrogen) atoms. The quantitative estimate of drug-likeness (QED) is 0.513. The summed E-state index contributed by atoms with van der Waals surface area (Å²) in [6, 6.07) is 8.70. The van der Waals surface area contributed by atoms with E-state index in [-0.39, 0.29) is 12.7 Å². The third-order valence-electron chi connectivity index (χ3n) is 4.14. The van der Waals surface area contributed by atoms with Crippen LogP contribution in [-0.2, 0) is 17.6 Å². The first-order valence-corrected chi connectivity index (χ1v) is 9.31.